The highest BCUT2D eigenvalue weighted by Crippen LogP contribution is 2.42. The summed E-state index contributed by atoms with van der Waals surface area (Å²) in [6.45, 7) is 1.40. The molecular weight excluding hydrogens is 450 g/mol. The molecule has 0 saturated heterocycles. The number of anilines is 1. The van der Waals surface area contributed by atoms with Crippen molar-refractivity contribution >= 4 is 23.4 Å². The molecule has 1 N–H and O–H groups in total. The second-order valence-corrected chi connectivity index (χ2v) is 7.60. The zero-order chi connectivity index (χ0) is 24.9. The Labute approximate surface area is 202 Å². The number of methoxy groups -OCH3 is 3. The van der Waals surface area contributed by atoms with E-state index in [2.05, 4.69) is 10.4 Å². The predicted octanol–water partition coefficient (Wildman–Crippen LogP) is 4.20. The fraction of sp³-hybridized carbons (Fsp3) is 0.192. The second kappa shape index (κ2) is 10.2. The summed E-state index contributed by atoms with van der Waals surface area (Å²) < 4.78 is 22.4. The normalized spacial score (nSPS) is 14.6. The third-order valence-electron chi connectivity index (χ3n) is 5.34. The molecule has 35 heavy (non-hydrogen) atoms. The number of hydrogen-bond acceptors (Lipinski definition) is 7. The standard InChI is InChI=1S/C26H25N3O6/c1-16(30)29-26(19-14-21(32-2)23(34-4)22(15-19)33-3)35-25(28-29)18-11-8-12-20(13-18)27-24(31)17-9-6-5-7-10-17/h5-15,26H,1-4H3,(H,27,31)/t26-/m1/s1. The molecule has 0 fully saturated rings. The molecule has 1 aliphatic heterocycles. The summed E-state index contributed by atoms with van der Waals surface area (Å²) in [7, 11) is 4.53. The third kappa shape index (κ3) is 4.89. The number of hydrazone groups is 1. The van der Waals surface area contributed by atoms with Crippen molar-refractivity contribution < 1.29 is 28.5 Å². The molecule has 3 aromatic rings. The van der Waals surface area contributed by atoms with Gasteiger partial charge in [-0.1, -0.05) is 24.3 Å². The van der Waals surface area contributed by atoms with Crippen LogP contribution in [0, 0.1) is 0 Å². The van der Waals surface area contributed by atoms with Gasteiger partial charge in [-0.25, -0.2) is 0 Å². The number of carbonyl (C=O) groups is 2. The zero-order valence-corrected chi connectivity index (χ0v) is 19.8. The first kappa shape index (κ1) is 23.6. The molecule has 0 saturated carbocycles. The Bertz CT molecular complexity index is 1250. The van der Waals surface area contributed by atoms with Crippen LogP contribution in [0.4, 0.5) is 5.69 Å². The fourth-order valence-electron chi connectivity index (χ4n) is 3.67. The van der Waals surface area contributed by atoms with E-state index in [1.807, 2.05) is 6.07 Å². The van der Waals surface area contributed by atoms with E-state index in [1.54, 1.807) is 60.7 Å². The maximum atomic E-state index is 12.5. The minimum Gasteiger partial charge on any atom is -0.493 e. The van der Waals surface area contributed by atoms with Gasteiger partial charge in [-0.15, -0.1) is 5.10 Å². The van der Waals surface area contributed by atoms with Gasteiger partial charge in [0.1, 0.15) is 0 Å². The van der Waals surface area contributed by atoms with Crippen LogP contribution in [0.25, 0.3) is 0 Å². The topological polar surface area (TPSA) is 98.7 Å². The molecular formula is C26H25N3O6. The molecule has 1 aliphatic rings. The quantitative estimate of drug-likeness (QED) is 0.550. The molecule has 0 bridgehead atoms. The summed E-state index contributed by atoms with van der Waals surface area (Å²) in [6, 6.07) is 19.4. The van der Waals surface area contributed by atoms with Gasteiger partial charge in [-0.3, -0.25) is 9.59 Å². The van der Waals surface area contributed by atoms with Gasteiger partial charge in [0.2, 0.25) is 23.8 Å². The Balaban J connectivity index is 1.62. The Kier molecular flexibility index (Phi) is 6.86. The molecule has 3 aromatic carbocycles. The van der Waals surface area contributed by atoms with Crippen LogP contribution in [-0.2, 0) is 9.53 Å². The molecule has 4 rings (SSSR count). The van der Waals surface area contributed by atoms with Crippen LogP contribution < -0.4 is 19.5 Å². The van der Waals surface area contributed by atoms with Crippen LogP contribution in [0.2, 0.25) is 0 Å². The first-order valence-corrected chi connectivity index (χ1v) is 10.8. The van der Waals surface area contributed by atoms with Gasteiger partial charge in [-0.05, 0) is 42.5 Å². The lowest BCUT2D eigenvalue weighted by atomic mass is 10.1. The number of nitrogens with one attached hydrogen (secondary N) is 1. The van der Waals surface area contributed by atoms with E-state index in [9.17, 15) is 9.59 Å². The Morgan fingerprint density at radius 2 is 1.60 bits per heavy atom. The smallest absolute Gasteiger partial charge is 0.255 e. The van der Waals surface area contributed by atoms with Crippen molar-refractivity contribution in [3.63, 3.8) is 0 Å². The number of carbonyl (C=O) groups excluding carboxylic acids is 2. The van der Waals surface area contributed by atoms with Gasteiger partial charge < -0.3 is 24.3 Å². The summed E-state index contributed by atoms with van der Waals surface area (Å²) >= 11 is 0. The van der Waals surface area contributed by atoms with Crippen LogP contribution in [0.15, 0.2) is 71.8 Å². The molecule has 0 aromatic heterocycles. The maximum Gasteiger partial charge on any atom is 0.255 e. The van der Waals surface area contributed by atoms with Crippen molar-refractivity contribution in [2.45, 2.75) is 13.2 Å². The summed E-state index contributed by atoms with van der Waals surface area (Å²) in [5.41, 5.74) is 2.28. The highest BCUT2D eigenvalue weighted by Gasteiger charge is 2.34. The van der Waals surface area contributed by atoms with E-state index in [0.29, 0.717) is 39.6 Å². The number of rotatable bonds is 7. The summed E-state index contributed by atoms with van der Waals surface area (Å²) in [5.74, 6) is 0.954. The number of hydrogen-bond donors (Lipinski definition) is 1. The van der Waals surface area contributed by atoms with Gasteiger partial charge in [0.05, 0.1) is 21.3 Å². The Morgan fingerprint density at radius 1 is 0.914 bits per heavy atom. The maximum absolute atomic E-state index is 12.5. The summed E-state index contributed by atoms with van der Waals surface area (Å²) in [4.78, 5) is 24.9. The van der Waals surface area contributed by atoms with Crippen LogP contribution in [0.3, 0.4) is 0 Å². The average Bonchev–Trinajstić information content (AvgIpc) is 3.34. The van der Waals surface area contributed by atoms with Crippen molar-refractivity contribution in [2.24, 2.45) is 5.10 Å². The van der Waals surface area contributed by atoms with Gasteiger partial charge in [0.25, 0.3) is 5.91 Å². The number of ether oxygens (including phenoxy) is 4. The van der Waals surface area contributed by atoms with Gasteiger partial charge in [0.15, 0.2) is 11.5 Å². The molecule has 2 amide bonds. The van der Waals surface area contributed by atoms with Gasteiger partial charge >= 0.3 is 0 Å². The van der Waals surface area contributed by atoms with E-state index >= 15 is 0 Å². The number of benzene rings is 3. The van der Waals surface area contributed by atoms with E-state index in [-0.39, 0.29) is 17.7 Å². The lowest BCUT2D eigenvalue weighted by molar-refractivity contribution is -0.135. The number of amides is 2. The van der Waals surface area contributed by atoms with Gasteiger partial charge in [-0.2, -0.15) is 5.01 Å². The van der Waals surface area contributed by atoms with Crippen molar-refractivity contribution in [1.82, 2.24) is 5.01 Å². The monoisotopic (exact) mass is 475 g/mol. The molecule has 9 heteroatoms. The lowest BCUT2D eigenvalue weighted by Gasteiger charge is -2.21. The van der Waals surface area contributed by atoms with Crippen LogP contribution in [-0.4, -0.2) is 44.1 Å². The molecule has 0 spiro atoms. The second-order valence-electron chi connectivity index (χ2n) is 7.60. The first-order valence-electron chi connectivity index (χ1n) is 10.8. The molecule has 9 nitrogen and oxygen atoms in total. The van der Waals surface area contributed by atoms with E-state index in [4.69, 9.17) is 18.9 Å². The Hall–Kier alpha value is -4.53. The molecule has 0 radical (unpaired) electrons. The van der Waals surface area contributed by atoms with Crippen LogP contribution >= 0.6 is 0 Å². The van der Waals surface area contributed by atoms with Crippen molar-refractivity contribution in [3.05, 3.63) is 83.4 Å². The number of nitrogens with zero attached hydrogens (tertiary/aromatic N) is 2. The summed E-state index contributed by atoms with van der Waals surface area (Å²) in [6.07, 6.45) is -0.848. The fourth-order valence-corrected chi connectivity index (χ4v) is 3.67. The van der Waals surface area contributed by atoms with E-state index < -0.39 is 6.23 Å². The highest BCUT2D eigenvalue weighted by molar-refractivity contribution is 6.05. The van der Waals surface area contributed by atoms with E-state index in [0.717, 1.165) is 0 Å². The zero-order valence-electron chi connectivity index (χ0n) is 19.8. The predicted molar refractivity (Wildman–Crippen MR) is 130 cm³/mol. The largest absolute Gasteiger partial charge is 0.493 e. The first-order chi connectivity index (χ1) is 16.9. The van der Waals surface area contributed by atoms with Gasteiger partial charge in [0, 0.05) is 29.3 Å². The third-order valence-corrected chi connectivity index (χ3v) is 5.34. The minimum absolute atomic E-state index is 0.231. The minimum atomic E-state index is -0.848. The molecule has 1 atom stereocenters. The molecule has 180 valence electrons. The van der Waals surface area contributed by atoms with Crippen molar-refractivity contribution in [1.29, 1.82) is 0 Å². The SMILES string of the molecule is COc1cc([C@H]2OC(c3cccc(NC(=O)c4ccccc4)c3)=NN2C(C)=O)cc(OC)c1OC. The highest BCUT2D eigenvalue weighted by atomic mass is 16.5. The van der Waals surface area contributed by atoms with E-state index in [1.165, 1.54) is 33.3 Å². The molecule has 1 heterocycles. The Morgan fingerprint density at radius 3 is 2.20 bits per heavy atom. The van der Waals surface area contributed by atoms with Crippen molar-refractivity contribution in [2.75, 3.05) is 26.6 Å². The summed E-state index contributed by atoms with van der Waals surface area (Å²) in [5, 5.41) is 8.51. The van der Waals surface area contributed by atoms with Crippen LogP contribution in [0.1, 0.15) is 34.6 Å². The van der Waals surface area contributed by atoms with Crippen LogP contribution in [0.5, 0.6) is 17.2 Å². The molecule has 0 aliphatic carbocycles. The molecule has 0 unspecified atom stereocenters. The lowest BCUT2D eigenvalue weighted by Crippen LogP contribution is -2.25. The van der Waals surface area contributed by atoms with Crippen molar-refractivity contribution in [3.8, 4) is 17.2 Å². The average molecular weight is 476 g/mol.